The number of aromatic nitrogens is 2. The normalized spacial score (nSPS) is 23.1. The summed E-state index contributed by atoms with van der Waals surface area (Å²) in [5, 5.41) is 20.8. The number of halogens is 3. The van der Waals surface area contributed by atoms with Gasteiger partial charge in [-0.05, 0) is 31.0 Å². The van der Waals surface area contributed by atoms with Crippen molar-refractivity contribution in [3.8, 4) is 0 Å². The number of hydrogen-bond donors (Lipinski definition) is 4. The summed E-state index contributed by atoms with van der Waals surface area (Å²) in [6.45, 7) is 2.95. The molecule has 0 aliphatic carbocycles. The van der Waals surface area contributed by atoms with Crippen LogP contribution in [-0.4, -0.2) is 76.8 Å². The van der Waals surface area contributed by atoms with Crippen LogP contribution in [0.2, 0.25) is 15.1 Å². The van der Waals surface area contributed by atoms with Crippen LogP contribution in [-0.2, 0) is 4.79 Å². The van der Waals surface area contributed by atoms with Gasteiger partial charge in [0.15, 0.2) is 5.82 Å². The first-order valence-corrected chi connectivity index (χ1v) is 12.2. The Morgan fingerprint density at radius 1 is 1.26 bits per heavy atom. The molecular formula is C22H26Cl3N7O3. The van der Waals surface area contributed by atoms with E-state index in [9.17, 15) is 14.7 Å². The van der Waals surface area contributed by atoms with Gasteiger partial charge in [-0.2, -0.15) is 4.98 Å². The van der Waals surface area contributed by atoms with Gasteiger partial charge in [-0.15, -0.1) is 0 Å². The van der Waals surface area contributed by atoms with E-state index in [1.807, 2.05) is 17.9 Å². The monoisotopic (exact) mass is 541 g/mol. The van der Waals surface area contributed by atoms with E-state index < -0.39 is 18.2 Å². The van der Waals surface area contributed by atoms with Gasteiger partial charge in [-0.1, -0.05) is 40.9 Å². The average Bonchev–Trinajstić information content (AvgIpc) is 3.15. The molecule has 4 rings (SSSR count). The molecule has 188 valence electrons. The first-order valence-electron chi connectivity index (χ1n) is 11.1. The van der Waals surface area contributed by atoms with Crippen LogP contribution in [0.25, 0.3) is 0 Å². The van der Waals surface area contributed by atoms with Gasteiger partial charge >= 0.3 is 6.03 Å². The van der Waals surface area contributed by atoms with Crippen molar-refractivity contribution in [1.29, 1.82) is 0 Å². The number of likely N-dealkylation sites (N-methyl/N-ethyl adjacent to an activating group) is 1. The lowest BCUT2D eigenvalue weighted by Gasteiger charge is -2.36. The SMILES string of the molecule is C[C@@H](Nc1nc(N2CC[C@H](NC(=O)[C@H]3CN(C)C(=O)N3)[C@@H](O)C2)ncc1Cl)c1ccc(Cl)cc1Cl. The molecule has 0 saturated carbocycles. The van der Waals surface area contributed by atoms with Gasteiger partial charge in [-0.25, -0.2) is 9.78 Å². The van der Waals surface area contributed by atoms with Gasteiger partial charge < -0.3 is 30.9 Å². The Hall–Kier alpha value is -2.53. The van der Waals surface area contributed by atoms with Gasteiger partial charge in [-0.3, -0.25) is 4.79 Å². The summed E-state index contributed by atoms with van der Waals surface area (Å²) in [7, 11) is 1.62. The molecule has 1 aromatic carbocycles. The molecule has 1 aromatic heterocycles. The van der Waals surface area contributed by atoms with Crippen LogP contribution in [0, 0.1) is 0 Å². The maximum atomic E-state index is 12.5. The number of nitrogens with zero attached hydrogens (tertiary/aromatic N) is 4. The summed E-state index contributed by atoms with van der Waals surface area (Å²) in [5.74, 6) is 0.519. The lowest BCUT2D eigenvalue weighted by Crippen LogP contribution is -2.57. The molecule has 2 fully saturated rings. The summed E-state index contributed by atoms with van der Waals surface area (Å²) >= 11 is 18.7. The van der Waals surface area contributed by atoms with E-state index in [2.05, 4.69) is 25.9 Å². The first kappa shape index (κ1) is 25.6. The molecule has 3 heterocycles. The van der Waals surface area contributed by atoms with Crippen LogP contribution in [0.15, 0.2) is 24.4 Å². The number of aliphatic hydroxyl groups is 1. The molecule has 2 aromatic rings. The number of carbonyl (C=O) groups excluding carboxylic acids is 2. The van der Waals surface area contributed by atoms with Gasteiger partial charge in [0.2, 0.25) is 11.9 Å². The van der Waals surface area contributed by atoms with Gasteiger partial charge in [0, 0.05) is 30.2 Å². The Bertz CT molecular complexity index is 1120. The lowest BCUT2D eigenvalue weighted by atomic mass is 10.0. The Morgan fingerprint density at radius 3 is 2.69 bits per heavy atom. The van der Waals surface area contributed by atoms with Crippen LogP contribution < -0.4 is 20.9 Å². The fourth-order valence-corrected chi connectivity index (χ4v) is 4.84. The molecule has 2 aliphatic heterocycles. The fourth-order valence-electron chi connectivity index (χ4n) is 4.12. The number of carbonyl (C=O) groups is 2. The van der Waals surface area contributed by atoms with Crippen molar-refractivity contribution in [3.05, 3.63) is 45.0 Å². The molecule has 2 saturated heterocycles. The maximum Gasteiger partial charge on any atom is 0.317 e. The van der Waals surface area contributed by atoms with Crippen molar-refractivity contribution in [2.75, 3.05) is 36.9 Å². The largest absolute Gasteiger partial charge is 0.389 e. The third kappa shape index (κ3) is 5.83. The zero-order valence-corrected chi connectivity index (χ0v) is 21.4. The second kappa shape index (κ2) is 10.6. The molecule has 2 aliphatic rings. The van der Waals surface area contributed by atoms with Crippen molar-refractivity contribution in [1.82, 2.24) is 25.5 Å². The van der Waals surface area contributed by atoms with Crippen molar-refractivity contribution in [3.63, 3.8) is 0 Å². The number of aliphatic hydroxyl groups excluding tert-OH is 1. The highest BCUT2D eigenvalue weighted by Gasteiger charge is 2.35. The third-order valence-corrected chi connectivity index (χ3v) is 6.96. The number of anilines is 2. The molecule has 4 atom stereocenters. The smallest absolute Gasteiger partial charge is 0.317 e. The molecule has 13 heteroatoms. The topological polar surface area (TPSA) is 123 Å². The minimum atomic E-state index is -0.843. The number of nitrogens with one attached hydrogen (secondary N) is 3. The highest BCUT2D eigenvalue weighted by Crippen LogP contribution is 2.31. The minimum absolute atomic E-state index is 0.207. The predicted molar refractivity (Wildman–Crippen MR) is 135 cm³/mol. The molecular weight excluding hydrogens is 517 g/mol. The number of urea groups is 1. The number of β-amino-alcohol motifs (C(OH)–C–C–N with tert-alkyl or cyclic N) is 1. The van der Waals surface area contributed by atoms with Crippen LogP contribution in [0.4, 0.5) is 16.6 Å². The molecule has 0 spiro atoms. The first-order chi connectivity index (χ1) is 16.6. The Labute approximate surface area is 217 Å². The quantitative estimate of drug-likeness (QED) is 0.443. The van der Waals surface area contributed by atoms with Gasteiger partial charge in [0.25, 0.3) is 0 Å². The average molecular weight is 543 g/mol. The van der Waals surface area contributed by atoms with Crippen LogP contribution >= 0.6 is 34.8 Å². The predicted octanol–water partition coefficient (Wildman–Crippen LogP) is 2.69. The van der Waals surface area contributed by atoms with Crippen molar-refractivity contribution in [2.45, 2.75) is 37.6 Å². The van der Waals surface area contributed by atoms with E-state index in [4.69, 9.17) is 34.8 Å². The second-order valence-corrected chi connectivity index (χ2v) is 9.95. The summed E-state index contributed by atoms with van der Waals surface area (Å²) < 4.78 is 0. The number of amides is 3. The lowest BCUT2D eigenvalue weighted by molar-refractivity contribution is -0.124. The van der Waals surface area contributed by atoms with Crippen LogP contribution in [0.1, 0.15) is 24.9 Å². The standard InChI is InChI=1S/C22H26Cl3N7O3/c1-11(13-4-3-12(23)7-14(13)24)27-19-15(25)8-26-21(30-19)32-6-5-16(18(33)10-32)28-20(34)17-9-31(2)22(35)29-17/h3-4,7-8,11,16-18,33H,5-6,9-10H2,1-2H3,(H,28,34)(H,29,35)(H,26,27,30)/t11-,16+,17-,18+/m1/s1. The fraction of sp³-hybridized carbons (Fsp3) is 0.455. The number of benzene rings is 1. The Kier molecular flexibility index (Phi) is 7.75. The van der Waals surface area contributed by atoms with E-state index in [1.54, 1.807) is 19.2 Å². The summed E-state index contributed by atoms with van der Waals surface area (Å²) in [5.41, 5.74) is 0.837. The molecule has 0 radical (unpaired) electrons. The highest BCUT2D eigenvalue weighted by molar-refractivity contribution is 6.35. The number of rotatable bonds is 6. The second-order valence-electron chi connectivity index (χ2n) is 8.70. The third-order valence-electron chi connectivity index (χ3n) is 6.12. The van der Waals surface area contributed by atoms with Crippen LogP contribution in [0.5, 0.6) is 0 Å². The zero-order chi connectivity index (χ0) is 25.3. The maximum absolute atomic E-state index is 12.5. The highest BCUT2D eigenvalue weighted by atomic mass is 35.5. The van der Waals surface area contributed by atoms with E-state index in [-0.39, 0.29) is 31.1 Å². The molecule has 35 heavy (non-hydrogen) atoms. The van der Waals surface area contributed by atoms with E-state index in [0.717, 1.165) is 5.56 Å². The van der Waals surface area contributed by atoms with Crippen molar-refractivity contribution in [2.24, 2.45) is 0 Å². The van der Waals surface area contributed by atoms with Gasteiger partial charge in [0.1, 0.15) is 11.1 Å². The summed E-state index contributed by atoms with van der Waals surface area (Å²) in [6.07, 6.45) is 1.14. The van der Waals surface area contributed by atoms with Crippen molar-refractivity contribution >= 4 is 58.5 Å². The van der Waals surface area contributed by atoms with Crippen LogP contribution in [0.3, 0.4) is 0 Å². The Balaban J connectivity index is 1.39. The minimum Gasteiger partial charge on any atom is -0.389 e. The number of piperidine rings is 1. The van der Waals surface area contributed by atoms with E-state index >= 15 is 0 Å². The molecule has 4 N–H and O–H groups in total. The molecule has 0 bridgehead atoms. The van der Waals surface area contributed by atoms with E-state index in [1.165, 1.54) is 11.1 Å². The van der Waals surface area contributed by atoms with Crippen molar-refractivity contribution < 1.29 is 14.7 Å². The number of hydrogen-bond acceptors (Lipinski definition) is 7. The Morgan fingerprint density at radius 2 is 2.03 bits per heavy atom. The molecule has 10 nitrogen and oxygen atoms in total. The summed E-state index contributed by atoms with van der Waals surface area (Å²) in [6, 6.07) is 3.69. The van der Waals surface area contributed by atoms with E-state index in [0.29, 0.717) is 39.8 Å². The van der Waals surface area contributed by atoms with Gasteiger partial charge in [0.05, 0.1) is 30.9 Å². The molecule has 0 unspecified atom stereocenters. The molecule has 3 amide bonds. The zero-order valence-electron chi connectivity index (χ0n) is 19.1. The summed E-state index contributed by atoms with van der Waals surface area (Å²) in [4.78, 5) is 36.3.